The first-order valence-corrected chi connectivity index (χ1v) is 14.0. The van der Waals surface area contributed by atoms with E-state index in [2.05, 4.69) is 43.8 Å². The van der Waals surface area contributed by atoms with Crippen LogP contribution in [-0.4, -0.2) is 91.6 Å². The van der Waals surface area contributed by atoms with E-state index in [1.807, 2.05) is 19.0 Å². The van der Waals surface area contributed by atoms with Crippen LogP contribution >= 0.6 is 0 Å². The van der Waals surface area contributed by atoms with Crippen molar-refractivity contribution in [1.29, 1.82) is 5.26 Å². The molecule has 0 saturated heterocycles. The molecule has 2 aromatic rings. The van der Waals surface area contributed by atoms with Crippen LogP contribution in [0.5, 0.6) is 0 Å². The molecule has 1 aliphatic carbocycles. The van der Waals surface area contributed by atoms with E-state index in [0.717, 1.165) is 24.9 Å². The number of anilines is 3. The fourth-order valence-corrected chi connectivity index (χ4v) is 4.05. The number of nitrogens with one attached hydrogen (secondary N) is 3. The van der Waals surface area contributed by atoms with Crippen LogP contribution in [-0.2, 0) is 14.3 Å². The van der Waals surface area contributed by atoms with Crippen molar-refractivity contribution in [2.75, 3.05) is 58.6 Å². The summed E-state index contributed by atoms with van der Waals surface area (Å²) < 4.78 is 5.14. The van der Waals surface area contributed by atoms with Gasteiger partial charge in [0.15, 0.2) is 0 Å². The van der Waals surface area contributed by atoms with Crippen LogP contribution in [0.4, 0.5) is 17.5 Å². The zero-order valence-corrected chi connectivity index (χ0v) is 25.0. The predicted octanol–water partition coefficient (Wildman–Crippen LogP) is 2.75. The highest BCUT2D eigenvalue weighted by Gasteiger charge is 2.31. The summed E-state index contributed by atoms with van der Waals surface area (Å²) in [7, 11) is 7.15. The third kappa shape index (κ3) is 9.88. The number of carbonyl (C=O) groups excluding carboxylic acids is 2. The molecule has 11 nitrogen and oxygen atoms in total. The second kappa shape index (κ2) is 16.1. The highest BCUT2D eigenvalue weighted by atomic mass is 16.5. The largest absolute Gasteiger partial charge is 0.385 e. The standard InChI is InChI=1S/C31H40N8O3/c1-22(39(4)28(40)8-6-16-38(2)3)30(41)35-27-18-24(19-27)9-12-25-21-34-31(37-29(25)33-15-7-17-42-5)36-26-13-10-23(20-32)11-14-26/h6,8,10-11,13-14,21-22,24,27H,7,15-19H2,1-5H3,(H,35,41)(H2,33,34,36,37)/b8-6+/t22-,24?,27?/m0/s1. The fraction of sp³-hybridized carbons (Fsp3) is 0.452. The van der Waals surface area contributed by atoms with Crippen molar-refractivity contribution in [2.24, 2.45) is 5.92 Å². The van der Waals surface area contributed by atoms with E-state index in [0.29, 0.717) is 42.6 Å². The number of aromatic nitrogens is 2. The molecule has 42 heavy (non-hydrogen) atoms. The average molecular weight is 573 g/mol. The van der Waals surface area contributed by atoms with Gasteiger partial charge in [0.25, 0.3) is 0 Å². The quantitative estimate of drug-likeness (QED) is 0.188. The van der Waals surface area contributed by atoms with E-state index in [1.54, 1.807) is 57.6 Å². The molecular weight excluding hydrogens is 532 g/mol. The second-order valence-corrected chi connectivity index (χ2v) is 10.5. The van der Waals surface area contributed by atoms with Gasteiger partial charge in [-0.25, -0.2) is 4.98 Å². The summed E-state index contributed by atoms with van der Waals surface area (Å²) in [6.07, 6.45) is 7.25. The Hall–Kier alpha value is -4.45. The van der Waals surface area contributed by atoms with Gasteiger partial charge in [-0.3, -0.25) is 9.59 Å². The molecule has 1 aromatic heterocycles. The lowest BCUT2D eigenvalue weighted by atomic mass is 9.80. The number of rotatable bonds is 13. The van der Waals surface area contributed by atoms with Gasteiger partial charge < -0.3 is 30.5 Å². The number of benzene rings is 1. The molecular formula is C31H40N8O3. The Morgan fingerprint density at radius 2 is 1.95 bits per heavy atom. The molecule has 11 heteroatoms. The number of likely N-dealkylation sites (N-methyl/N-ethyl adjacent to an activating group) is 2. The van der Waals surface area contributed by atoms with Gasteiger partial charge in [0, 0.05) is 57.6 Å². The summed E-state index contributed by atoms with van der Waals surface area (Å²) in [4.78, 5) is 37.5. The summed E-state index contributed by atoms with van der Waals surface area (Å²) in [5, 5.41) is 18.5. The number of hydrogen-bond donors (Lipinski definition) is 3. The lowest BCUT2D eigenvalue weighted by Crippen LogP contribution is -2.51. The maximum atomic E-state index is 12.7. The Kier molecular flexibility index (Phi) is 12.3. The molecule has 1 fully saturated rings. The highest BCUT2D eigenvalue weighted by Crippen LogP contribution is 2.27. The molecule has 1 saturated carbocycles. The Bertz CT molecular complexity index is 1330. The highest BCUT2D eigenvalue weighted by molar-refractivity contribution is 5.92. The molecule has 1 atom stereocenters. The minimum absolute atomic E-state index is 0.0222. The Morgan fingerprint density at radius 1 is 1.21 bits per heavy atom. The van der Waals surface area contributed by atoms with Crippen molar-refractivity contribution in [1.82, 2.24) is 25.1 Å². The van der Waals surface area contributed by atoms with Gasteiger partial charge in [-0.2, -0.15) is 10.2 Å². The number of amides is 2. The average Bonchev–Trinajstić information content (AvgIpc) is 2.96. The van der Waals surface area contributed by atoms with Gasteiger partial charge >= 0.3 is 0 Å². The number of carbonyl (C=O) groups is 2. The molecule has 0 aliphatic heterocycles. The van der Waals surface area contributed by atoms with Gasteiger partial charge in [0.1, 0.15) is 11.9 Å². The van der Waals surface area contributed by atoms with E-state index in [1.165, 1.54) is 11.0 Å². The molecule has 3 N–H and O–H groups in total. The van der Waals surface area contributed by atoms with E-state index in [4.69, 9.17) is 10.00 Å². The van der Waals surface area contributed by atoms with Crippen LogP contribution in [0.25, 0.3) is 0 Å². The number of hydrogen-bond acceptors (Lipinski definition) is 9. The topological polar surface area (TPSA) is 136 Å². The van der Waals surface area contributed by atoms with Gasteiger partial charge in [0.05, 0.1) is 23.4 Å². The lowest BCUT2D eigenvalue weighted by molar-refractivity contribution is -0.135. The van der Waals surface area contributed by atoms with E-state index in [9.17, 15) is 9.59 Å². The van der Waals surface area contributed by atoms with Gasteiger partial charge in [-0.15, -0.1) is 0 Å². The monoisotopic (exact) mass is 572 g/mol. The SMILES string of the molecule is COCCCNc1nc(Nc2ccc(C#N)cc2)ncc1C#CC1CC(NC(=O)[C@H](C)N(C)C(=O)/C=C/CN(C)C)C1. The maximum absolute atomic E-state index is 12.7. The van der Waals surface area contributed by atoms with Gasteiger partial charge in [0.2, 0.25) is 17.8 Å². The van der Waals surface area contributed by atoms with Crippen LogP contribution in [0.3, 0.4) is 0 Å². The molecule has 1 aliphatic rings. The molecule has 0 radical (unpaired) electrons. The van der Waals surface area contributed by atoms with Crippen LogP contribution in [0.2, 0.25) is 0 Å². The second-order valence-electron chi connectivity index (χ2n) is 10.5. The minimum atomic E-state index is -0.577. The number of methoxy groups -OCH3 is 1. The number of ether oxygens (including phenoxy) is 1. The maximum Gasteiger partial charge on any atom is 0.246 e. The normalized spacial score (nSPS) is 16.5. The van der Waals surface area contributed by atoms with Crippen molar-refractivity contribution in [3.8, 4) is 17.9 Å². The van der Waals surface area contributed by atoms with Crippen LogP contribution in [0.15, 0.2) is 42.6 Å². The molecule has 1 aromatic carbocycles. The fourth-order valence-electron chi connectivity index (χ4n) is 4.05. The van der Waals surface area contributed by atoms with Crippen LogP contribution < -0.4 is 16.0 Å². The van der Waals surface area contributed by atoms with E-state index in [-0.39, 0.29) is 23.8 Å². The summed E-state index contributed by atoms with van der Waals surface area (Å²) in [6, 6.07) is 8.60. The molecule has 2 amide bonds. The Balaban J connectivity index is 1.57. The zero-order chi connectivity index (χ0) is 30.5. The van der Waals surface area contributed by atoms with Crippen molar-refractivity contribution < 1.29 is 14.3 Å². The van der Waals surface area contributed by atoms with Crippen molar-refractivity contribution in [3.05, 3.63) is 53.7 Å². The molecule has 3 rings (SSSR count). The lowest BCUT2D eigenvalue weighted by Gasteiger charge is -2.34. The molecule has 0 spiro atoms. The van der Waals surface area contributed by atoms with E-state index < -0.39 is 6.04 Å². The van der Waals surface area contributed by atoms with Crippen molar-refractivity contribution in [2.45, 2.75) is 38.3 Å². The minimum Gasteiger partial charge on any atom is -0.385 e. The van der Waals surface area contributed by atoms with Gasteiger partial charge in [-0.05, 0) is 64.5 Å². The first kappa shape index (κ1) is 32.1. The molecule has 0 unspecified atom stereocenters. The predicted molar refractivity (Wildman–Crippen MR) is 163 cm³/mol. The zero-order valence-electron chi connectivity index (χ0n) is 25.0. The van der Waals surface area contributed by atoms with Crippen molar-refractivity contribution >= 4 is 29.3 Å². The van der Waals surface area contributed by atoms with Gasteiger partial charge in [-0.1, -0.05) is 17.9 Å². The van der Waals surface area contributed by atoms with Crippen LogP contribution in [0, 0.1) is 29.1 Å². The molecule has 0 bridgehead atoms. The number of nitrogens with zero attached hydrogens (tertiary/aromatic N) is 5. The third-order valence-corrected chi connectivity index (χ3v) is 6.81. The first-order valence-electron chi connectivity index (χ1n) is 14.0. The Morgan fingerprint density at radius 3 is 2.62 bits per heavy atom. The number of nitriles is 1. The Labute approximate surface area is 248 Å². The summed E-state index contributed by atoms with van der Waals surface area (Å²) in [5.74, 6) is 7.29. The smallest absolute Gasteiger partial charge is 0.246 e. The first-order chi connectivity index (χ1) is 20.2. The molecule has 222 valence electrons. The third-order valence-electron chi connectivity index (χ3n) is 6.81. The van der Waals surface area contributed by atoms with Crippen LogP contribution in [0.1, 0.15) is 37.3 Å². The van der Waals surface area contributed by atoms with Crippen molar-refractivity contribution in [3.63, 3.8) is 0 Å². The summed E-state index contributed by atoms with van der Waals surface area (Å²) in [6.45, 7) is 3.67. The van der Waals surface area contributed by atoms with E-state index >= 15 is 0 Å². The summed E-state index contributed by atoms with van der Waals surface area (Å²) in [5.41, 5.74) is 2.03. The molecule has 1 heterocycles. The summed E-state index contributed by atoms with van der Waals surface area (Å²) >= 11 is 0.